The van der Waals surface area contributed by atoms with Crippen LogP contribution in [-0.2, 0) is 16.8 Å². The normalized spacial score (nSPS) is 17.7. The second kappa shape index (κ2) is 7.21. The molecule has 31 heavy (non-hydrogen) atoms. The van der Waals surface area contributed by atoms with Crippen LogP contribution in [0.1, 0.15) is 33.8 Å². The number of aromatic nitrogens is 5. The van der Waals surface area contributed by atoms with E-state index < -0.39 is 0 Å². The Kier molecular flexibility index (Phi) is 4.32. The van der Waals surface area contributed by atoms with E-state index in [1.807, 2.05) is 17.0 Å². The van der Waals surface area contributed by atoms with Crippen LogP contribution in [0.15, 0.2) is 49.2 Å². The lowest BCUT2D eigenvalue weighted by Gasteiger charge is -2.44. The molecule has 0 atom stereocenters. The number of carbonyl (C=O) groups excluding carboxylic acids is 1. The van der Waals surface area contributed by atoms with Gasteiger partial charge in [-0.25, -0.2) is 9.50 Å². The SMILES string of the molecule is O=C(c1cnc2cccnn12)N1CCC2(CC1)OCCc1sc(-c3cnccn3)cc12. The summed E-state index contributed by atoms with van der Waals surface area (Å²) in [5.41, 5.74) is 2.99. The van der Waals surface area contributed by atoms with E-state index in [1.165, 1.54) is 10.4 Å². The molecule has 0 bridgehead atoms. The fourth-order valence-corrected chi connectivity index (χ4v) is 5.78. The van der Waals surface area contributed by atoms with Gasteiger partial charge in [-0.05, 0) is 36.6 Å². The number of likely N-dealkylation sites (tertiary alicyclic amines) is 1. The molecule has 0 aliphatic carbocycles. The van der Waals surface area contributed by atoms with Crippen molar-refractivity contribution in [1.29, 1.82) is 0 Å². The van der Waals surface area contributed by atoms with Crippen LogP contribution < -0.4 is 0 Å². The number of amides is 1. The van der Waals surface area contributed by atoms with Crippen LogP contribution in [0.2, 0.25) is 0 Å². The Morgan fingerprint density at radius 2 is 2.03 bits per heavy atom. The number of nitrogens with zero attached hydrogens (tertiary/aromatic N) is 6. The molecule has 2 aliphatic rings. The Morgan fingerprint density at radius 1 is 1.13 bits per heavy atom. The predicted molar refractivity (Wildman–Crippen MR) is 115 cm³/mol. The number of hydrogen-bond donors (Lipinski definition) is 0. The second-order valence-electron chi connectivity index (χ2n) is 7.86. The molecule has 4 aromatic heterocycles. The lowest BCUT2D eigenvalue weighted by Crippen LogP contribution is -2.48. The first-order valence-electron chi connectivity index (χ1n) is 10.4. The van der Waals surface area contributed by atoms with Crippen molar-refractivity contribution in [1.82, 2.24) is 29.5 Å². The summed E-state index contributed by atoms with van der Waals surface area (Å²) in [7, 11) is 0. The third-order valence-electron chi connectivity index (χ3n) is 6.18. The zero-order chi connectivity index (χ0) is 20.8. The molecule has 0 saturated carbocycles. The zero-order valence-electron chi connectivity index (χ0n) is 16.8. The van der Waals surface area contributed by atoms with Crippen molar-refractivity contribution in [2.45, 2.75) is 24.9 Å². The van der Waals surface area contributed by atoms with Gasteiger partial charge in [0, 0.05) is 43.0 Å². The molecule has 0 unspecified atom stereocenters. The van der Waals surface area contributed by atoms with Gasteiger partial charge in [-0.3, -0.25) is 14.8 Å². The summed E-state index contributed by atoms with van der Waals surface area (Å²) in [6.45, 7) is 1.97. The molecule has 1 saturated heterocycles. The third kappa shape index (κ3) is 3.03. The molecule has 1 amide bonds. The van der Waals surface area contributed by atoms with Crippen molar-refractivity contribution in [3.8, 4) is 10.6 Å². The standard InChI is InChI=1S/C22H20N6O2S/c29-21(17-14-25-20-2-1-6-26-28(17)20)27-9-4-22(5-10-27)15-12-19(16-13-23-7-8-24-16)31-18(15)3-11-30-22/h1-2,6-8,12-14H,3-5,9-11H2. The minimum absolute atomic E-state index is 0.0392. The molecule has 6 rings (SSSR count). The van der Waals surface area contributed by atoms with Crippen molar-refractivity contribution >= 4 is 22.9 Å². The molecule has 8 nitrogen and oxygen atoms in total. The monoisotopic (exact) mass is 432 g/mol. The number of carbonyl (C=O) groups is 1. The highest BCUT2D eigenvalue weighted by Crippen LogP contribution is 2.46. The average Bonchev–Trinajstić information content (AvgIpc) is 3.45. The molecule has 0 aromatic carbocycles. The van der Waals surface area contributed by atoms with Crippen molar-refractivity contribution in [2.24, 2.45) is 0 Å². The van der Waals surface area contributed by atoms with E-state index in [0.29, 0.717) is 31.0 Å². The van der Waals surface area contributed by atoms with Gasteiger partial charge in [0.05, 0.1) is 35.2 Å². The fraction of sp³-hybridized carbons (Fsp3) is 0.318. The summed E-state index contributed by atoms with van der Waals surface area (Å²) >= 11 is 1.78. The maximum atomic E-state index is 13.2. The molecule has 0 N–H and O–H groups in total. The van der Waals surface area contributed by atoms with E-state index in [-0.39, 0.29) is 11.5 Å². The number of piperidine rings is 1. The number of ether oxygens (including phenoxy) is 1. The molecule has 2 aliphatic heterocycles. The summed E-state index contributed by atoms with van der Waals surface area (Å²) < 4.78 is 7.98. The number of hydrogen-bond acceptors (Lipinski definition) is 7. The summed E-state index contributed by atoms with van der Waals surface area (Å²) in [5.74, 6) is -0.0392. The maximum absolute atomic E-state index is 13.2. The van der Waals surface area contributed by atoms with Crippen molar-refractivity contribution in [3.05, 3.63) is 65.3 Å². The van der Waals surface area contributed by atoms with Crippen LogP contribution >= 0.6 is 11.3 Å². The Bertz CT molecular complexity index is 1260. The molecule has 4 aromatic rings. The van der Waals surface area contributed by atoms with E-state index in [9.17, 15) is 4.79 Å². The van der Waals surface area contributed by atoms with Gasteiger partial charge in [-0.15, -0.1) is 11.3 Å². The number of fused-ring (bicyclic) bond motifs is 3. The molecular weight excluding hydrogens is 412 g/mol. The molecule has 9 heteroatoms. The summed E-state index contributed by atoms with van der Waals surface area (Å²) in [4.78, 5) is 30.5. The molecular formula is C22H20N6O2S. The van der Waals surface area contributed by atoms with Gasteiger partial charge in [0.2, 0.25) is 0 Å². The number of imidazole rings is 1. The molecule has 156 valence electrons. The van der Waals surface area contributed by atoms with E-state index in [4.69, 9.17) is 4.74 Å². The fourth-order valence-electron chi connectivity index (χ4n) is 4.59. The van der Waals surface area contributed by atoms with Gasteiger partial charge in [0.15, 0.2) is 11.3 Å². The van der Waals surface area contributed by atoms with Gasteiger partial charge in [0.25, 0.3) is 5.91 Å². The Labute approximate surface area is 182 Å². The molecule has 6 heterocycles. The van der Waals surface area contributed by atoms with Crippen molar-refractivity contribution < 1.29 is 9.53 Å². The highest BCUT2D eigenvalue weighted by molar-refractivity contribution is 7.15. The van der Waals surface area contributed by atoms with Crippen LogP contribution in [-0.4, -0.2) is 55.1 Å². The Balaban J connectivity index is 1.25. The van der Waals surface area contributed by atoms with Crippen LogP contribution in [0, 0.1) is 0 Å². The van der Waals surface area contributed by atoms with Gasteiger partial charge in [0.1, 0.15) is 0 Å². The summed E-state index contributed by atoms with van der Waals surface area (Å²) in [6, 6.07) is 5.88. The molecule has 0 radical (unpaired) electrons. The Morgan fingerprint density at radius 3 is 2.87 bits per heavy atom. The predicted octanol–water partition coefficient (Wildman–Crippen LogP) is 2.95. The zero-order valence-corrected chi connectivity index (χ0v) is 17.6. The molecule has 1 fully saturated rings. The van der Waals surface area contributed by atoms with Gasteiger partial charge in [-0.1, -0.05) is 0 Å². The third-order valence-corrected chi connectivity index (χ3v) is 7.40. The van der Waals surface area contributed by atoms with E-state index >= 15 is 0 Å². The van der Waals surface area contributed by atoms with E-state index in [1.54, 1.807) is 46.8 Å². The van der Waals surface area contributed by atoms with E-state index in [2.05, 4.69) is 26.1 Å². The van der Waals surface area contributed by atoms with Crippen LogP contribution in [0.25, 0.3) is 16.2 Å². The van der Waals surface area contributed by atoms with Crippen LogP contribution in [0.4, 0.5) is 0 Å². The largest absolute Gasteiger partial charge is 0.370 e. The minimum Gasteiger partial charge on any atom is -0.370 e. The number of thiophene rings is 1. The maximum Gasteiger partial charge on any atom is 0.274 e. The smallest absolute Gasteiger partial charge is 0.274 e. The summed E-state index contributed by atoms with van der Waals surface area (Å²) in [5, 5.41) is 4.27. The minimum atomic E-state index is -0.334. The first-order chi connectivity index (χ1) is 15.2. The lowest BCUT2D eigenvalue weighted by atomic mass is 9.82. The highest BCUT2D eigenvalue weighted by atomic mass is 32.1. The quantitative estimate of drug-likeness (QED) is 0.484. The van der Waals surface area contributed by atoms with Gasteiger partial charge < -0.3 is 9.64 Å². The highest BCUT2D eigenvalue weighted by Gasteiger charge is 2.43. The van der Waals surface area contributed by atoms with Gasteiger partial charge >= 0.3 is 0 Å². The Hall–Kier alpha value is -3.17. The first kappa shape index (κ1) is 18.6. The van der Waals surface area contributed by atoms with Crippen LogP contribution in [0.5, 0.6) is 0 Å². The lowest BCUT2D eigenvalue weighted by molar-refractivity contribution is -0.0926. The first-order valence-corrected chi connectivity index (χ1v) is 11.2. The van der Waals surface area contributed by atoms with Crippen molar-refractivity contribution in [2.75, 3.05) is 19.7 Å². The average molecular weight is 433 g/mol. The van der Waals surface area contributed by atoms with Crippen LogP contribution in [0.3, 0.4) is 0 Å². The van der Waals surface area contributed by atoms with Crippen molar-refractivity contribution in [3.63, 3.8) is 0 Å². The molecule has 1 spiro atoms. The number of rotatable bonds is 2. The second-order valence-corrected chi connectivity index (χ2v) is 9.00. The topological polar surface area (TPSA) is 85.5 Å². The van der Waals surface area contributed by atoms with E-state index in [0.717, 1.165) is 29.8 Å². The summed E-state index contributed by atoms with van der Waals surface area (Å²) in [6.07, 6.45) is 10.9. The van der Waals surface area contributed by atoms with Gasteiger partial charge in [-0.2, -0.15) is 5.10 Å².